The summed E-state index contributed by atoms with van der Waals surface area (Å²) in [6, 6.07) is 5.75. The van der Waals surface area contributed by atoms with Crippen LogP contribution in [0.4, 0.5) is 0 Å². The molecular formula is C12H18N2O2. The summed E-state index contributed by atoms with van der Waals surface area (Å²) >= 11 is 0. The van der Waals surface area contributed by atoms with Crippen LogP contribution < -0.4 is 5.32 Å². The zero-order valence-electron chi connectivity index (χ0n) is 9.93. The van der Waals surface area contributed by atoms with Crippen molar-refractivity contribution in [1.82, 2.24) is 10.3 Å². The topological polar surface area (TPSA) is 51.2 Å². The maximum atomic E-state index is 11.3. The molecule has 0 aliphatic rings. The summed E-state index contributed by atoms with van der Waals surface area (Å²) < 4.78 is 5.01. The SMILES string of the molecule is CC(C)OC(=O)CNC(C)c1ccccn1. The summed E-state index contributed by atoms with van der Waals surface area (Å²) in [7, 11) is 0. The molecule has 0 spiro atoms. The van der Waals surface area contributed by atoms with Crippen molar-refractivity contribution >= 4 is 5.97 Å². The fourth-order valence-electron chi connectivity index (χ4n) is 1.28. The molecule has 0 bridgehead atoms. The first-order valence-corrected chi connectivity index (χ1v) is 5.43. The van der Waals surface area contributed by atoms with Gasteiger partial charge in [-0.05, 0) is 32.9 Å². The molecule has 4 nitrogen and oxygen atoms in total. The summed E-state index contributed by atoms with van der Waals surface area (Å²) in [5.41, 5.74) is 0.917. The molecule has 16 heavy (non-hydrogen) atoms. The van der Waals surface area contributed by atoms with Crippen LogP contribution in [0.2, 0.25) is 0 Å². The minimum absolute atomic E-state index is 0.0425. The number of carbonyl (C=O) groups is 1. The van der Waals surface area contributed by atoms with Gasteiger partial charge >= 0.3 is 5.97 Å². The summed E-state index contributed by atoms with van der Waals surface area (Å²) in [6.45, 7) is 5.83. The van der Waals surface area contributed by atoms with E-state index in [1.807, 2.05) is 39.0 Å². The number of rotatable bonds is 5. The van der Waals surface area contributed by atoms with E-state index in [-0.39, 0.29) is 24.7 Å². The van der Waals surface area contributed by atoms with Gasteiger partial charge in [0.25, 0.3) is 0 Å². The molecule has 88 valence electrons. The van der Waals surface area contributed by atoms with Gasteiger partial charge in [-0.25, -0.2) is 0 Å². The van der Waals surface area contributed by atoms with Gasteiger partial charge in [0.1, 0.15) is 0 Å². The predicted octanol–water partition coefficient (Wildman–Crippen LogP) is 1.68. The Morgan fingerprint density at radius 2 is 2.19 bits per heavy atom. The van der Waals surface area contributed by atoms with Crippen LogP contribution in [-0.2, 0) is 9.53 Å². The van der Waals surface area contributed by atoms with Gasteiger partial charge in [-0.3, -0.25) is 15.1 Å². The third kappa shape index (κ3) is 4.40. The molecule has 0 saturated heterocycles. The largest absolute Gasteiger partial charge is 0.462 e. The van der Waals surface area contributed by atoms with Gasteiger partial charge in [-0.2, -0.15) is 0 Å². The number of hydrogen-bond acceptors (Lipinski definition) is 4. The van der Waals surface area contributed by atoms with Crippen molar-refractivity contribution < 1.29 is 9.53 Å². The highest BCUT2D eigenvalue weighted by molar-refractivity contribution is 5.71. The second-order valence-electron chi connectivity index (χ2n) is 3.90. The van der Waals surface area contributed by atoms with E-state index in [1.165, 1.54) is 0 Å². The highest BCUT2D eigenvalue weighted by atomic mass is 16.5. The number of pyridine rings is 1. The van der Waals surface area contributed by atoms with Crippen LogP contribution in [0.1, 0.15) is 32.5 Å². The first-order chi connectivity index (χ1) is 7.59. The molecule has 4 heteroatoms. The van der Waals surface area contributed by atoms with Crippen molar-refractivity contribution in [1.29, 1.82) is 0 Å². The van der Waals surface area contributed by atoms with Crippen LogP contribution in [0.15, 0.2) is 24.4 Å². The second-order valence-corrected chi connectivity index (χ2v) is 3.90. The predicted molar refractivity (Wildman–Crippen MR) is 61.9 cm³/mol. The third-order valence-electron chi connectivity index (χ3n) is 2.05. The molecule has 0 amide bonds. The van der Waals surface area contributed by atoms with Gasteiger partial charge in [0.2, 0.25) is 0 Å². The Balaban J connectivity index is 2.36. The van der Waals surface area contributed by atoms with Crippen LogP contribution in [0.5, 0.6) is 0 Å². The van der Waals surface area contributed by atoms with E-state index >= 15 is 0 Å². The van der Waals surface area contributed by atoms with E-state index in [9.17, 15) is 4.79 Å². The van der Waals surface area contributed by atoms with Crippen molar-refractivity contribution in [2.24, 2.45) is 0 Å². The number of nitrogens with zero attached hydrogens (tertiary/aromatic N) is 1. The van der Waals surface area contributed by atoms with Gasteiger partial charge < -0.3 is 4.74 Å². The molecule has 1 aromatic heterocycles. The Kier molecular flexibility index (Phi) is 4.92. The normalized spacial score (nSPS) is 12.5. The number of carbonyl (C=O) groups excluding carboxylic acids is 1. The van der Waals surface area contributed by atoms with Crippen LogP contribution in [0.3, 0.4) is 0 Å². The maximum absolute atomic E-state index is 11.3. The molecule has 0 aliphatic carbocycles. The molecule has 0 saturated carbocycles. The molecule has 1 rings (SSSR count). The number of ether oxygens (including phenoxy) is 1. The summed E-state index contributed by atoms with van der Waals surface area (Å²) in [5, 5.41) is 3.07. The first kappa shape index (κ1) is 12.6. The Labute approximate surface area is 96.0 Å². The van der Waals surface area contributed by atoms with Crippen molar-refractivity contribution in [2.75, 3.05) is 6.54 Å². The van der Waals surface area contributed by atoms with Crippen LogP contribution in [0, 0.1) is 0 Å². The van der Waals surface area contributed by atoms with Gasteiger partial charge in [0, 0.05) is 12.2 Å². The Hall–Kier alpha value is -1.42. The van der Waals surface area contributed by atoms with Crippen LogP contribution in [-0.4, -0.2) is 23.6 Å². The Morgan fingerprint density at radius 3 is 2.75 bits per heavy atom. The molecule has 1 atom stereocenters. The van der Waals surface area contributed by atoms with Gasteiger partial charge in [0.15, 0.2) is 0 Å². The van der Waals surface area contributed by atoms with Crippen molar-refractivity contribution in [3.8, 4) is 0 Å². The lowest BCUT2D eigenvalue weighted by Gasteiger charge is -2.13. The number of hydrogen-bond donors (Lipinski definition) is 1. The molecule has 0 radical (unpaired) electrons. The molecule has 0 aromatic carbocycles. The summed E-state index contributed by atoms with van der Waals surface area (Å²) in [4.78, 5) is 15.5. The molecule has 1 unspecified atom stereocenters. The number of esters is 1. The lowest BCUT2D eigenvalue weighted by molar-refractivity contribution is -0.146. The van der Waals surface area contributed by atoms with E-state index < -0.39 is 0 Å². The monoisotopic (exact) mass is 222 g/mol. The van der Waals surface area contributed by atoms with Crippen molar-refractivity contribution in [3.63, 3.8) is 0 Å². The Bertz CT molecular complexity index is 325. The number of aromatic nitrogens is 1. The lowest BCUT2D eigenvalue weighted by Crippen LogP contribution is -2.29. The fraction of sp³-hybridized carbons (Fsp3) is 0.500. The second kappa shape index (κ2) is 6.23. The average molecular weight is 222 g/mol. The molecule has 0 aliphatic heterocycles. The highest BCUT2D eigenvalue weighted by Gasteiger charge is 2.09. The molecular weight excluding hydrogens is 204 g/mol. The number of nitrogens with one attached hydrogen (secondary N) is 1. The Morgan fingerprint density at radius 1 is 1.44 bits per heavy atom. The first-order valence-electron chi connectivity index (χ1n) is 5.43. The van der Waals surface area contributed by atoms with Gasteiger partial charge in [-0.15, -0.1) is 0 Å². The molecule has 1 heterocycles. The van der Waals surface area contributed by atoms with E-state index in [0.29, 0.717) is 0 Å². The van der Waals surface area contributed by atoms with Gasteiger partial charge in [0.05, 0.1) is 18.3 Å². The molecule has 1 aromatic rings. The maximum Gasteiger partial charge on any atom is 0.320 e. The standard InChI is InChI=1S/C12H18N2O2/c1-9(2)16-12(15)8-14-10(3)11-6-4-5-7-13-11/h4-7,9-10,14H,8H2,1-3H3. The highest BCUT2D eigenvalue weighted by Crippen LogP contribution is 2.07. The summed E-state index contributed by atoms with van der Waals surface area (Å²) in [6.07, 6.45) is 1.67. The van der Waals surface area contributed by atoms with Crippen molar-refractivity contribution in [3.05, 3.63) is 30.1 Å². The van der Waals surface area contributed by atoms with Gasteiger partial charge in [-0.1, -0.05) is 6.07 Å². The fourth-order valence-corrected chi connectivity index (χ4v) is 1.28. The zero-order valence-corrected chi connectivity index (χ0v) is 9.93. The molecule has 0 fully saturated rings. The lowest BCUT2D eigenvalue weighted by atomic mass is 10.2. The smallest absolute Gasteiger partial charge is 0.320 e. The van der Waals surface area contributed by atoms with E-state index in [1.54, 1.807) is 6.20 Å². The summed E-state index contributed by atoms with van der Waals surface area (Å²) in [5.74, 6) is -0.238. The van der Waals surface area contributed by atoms with Crippen LogP contribution >= 0.6 is 0 Å². The zero-order chi connectivity index (χ0) is 12.0. The molecule has 1 N–H and O–H groups in total. The average Bonchev–Trinajstić information content (AvgIpc) is 2.26. The third-order valence-corrected chi connectivity index (χ3v) is 2.05. The van der Waals surface area contributed by atoms with E-state index in [4.69, 9.17) is 4.74 Å². The minimum Gasteiger partial charge on any atom is -0.462 e. The van der Waals surface area contributed by atoms with Crippen molar-refractivity contribution in [2.45, 2.75) is 32.9 Å². The quantitative estimate of drug-likeness (QED) is 0.770. The van der Waals surface area contributed by atoms with E-state index in [2.05, 4.69) is 10.3 Å². The van der Waals surface area contributed by atoms with E-state index in [0.717, 1.165) is 5.69 Å². The van der Waals surface area contributed by atoms with Crippen LogP contribution in [0.25, 0.3) is 0 Å². The minimum atomic E-state index is -0.238.